The summed E-state index contributed by atoms with van der Waals surface area (Å²) in [6, 6.07) is 9.06. The first-order valence-corrected chi connectivity index (χ1v) is 6.87. The van der Waals surface area contributed by atoms with Crippen LogP contribution in [0, 0.1) is 5.92 Å². The van der Waals surface area contributed by atoms with Gasteiger partial charge in [0.05, 0.1) is 0 Å². The lowest BCUT2D eigenvalue weighted by atomic mass is 10.1. The monoisotopic (exact) mass is 232 g/mol. The highest BCUT2D eigenvalue weighted by Crippen LogP contribution is 2.34. The third kappa shape index (κ3) is 4.04. The van der Waals surface area contributed by atoms with Crippen molar-refractivity contribution in [3.63, 3.8) is 0 Å². The van der Waals surface area contributed by atoms with E-state index >= 15 is 0 Å². The van der Waals surface area contributed by atoms with Crippen LogP contribution in [0.1, 0.15) is 38.2 Å². The van der Waals surface area contributed by atoms with Crippen LogP contribution in [0.25, 0.3) is 0 Å². The number of aryl methyl sites for hydroxylation is 1. The average molecular weight is 232 g/mol. The van der Waals surface area contributed by atoms with Crippen molar-refractivity contribution in [2.24, 2.45) is 5.92 Å². The molecule has 0 aromatic heterocycles. The summed E-state index contributed by atoms with van der Waals surface area (Å²) in [6.45, 7) is 3.42. The Bertz CT molecular complexity index is 331. The van der Waals surface area contributed by atoms with Crippen LogP contribution in [-0.2, 0) is 6.42 Å². The summed E-state index contributed by atoms with van der Waals surface area (Å²) in [4.78, 5) is 0. The third-order valence-corrected chi connectivity index (χ3v) is 3.61. The van der Waals surface area contributed by atoms with Crippen molar-refractivity contribution in [2.45, 2.75) is 45.1 Å². The van der Waals surface area contributed by atoms with Crippen molar-refractivity contribution >= 4 is 5.69 Å². The molecular formula is C15H24N2. The van der Waals surface area contributed by atoms with E-state index in [2.05, 4.69) is 24.4 Å². The van der Waals surface area contributed by atoms with Gasteiger partial charge in [0.1, 0.15) is 0 Å². The largest absolute Gasteiger partial charge is 0.399 e. The van der Waals surface area contributed by atoms with Crippen LogP contribution >= 0.6 is 0 Å². The molecule has 1 saturated carbocycles. The maximum absolute atomic E-state index is 5.66. The second kappa shape index (κ2) is 6.06. The minimum Gasteiger partial charge on any atom is -0.399 e. The summed E-state index contributed by atoms with van der Waals surface area (Å²) in [7, 11) is 0. The van der Waals surface area contributed by atoms with Gasteiger partial charge in [-0.25, -0.2) is 0 Å². The molecule has 1 aromatic rings. The van der Waals surface area contributed by atoms with Crippen molar-refractivity contribution in [1.82, 2.24) is 5.32 Å². The molecular weight excluding hydrogens is 208 g/mol. The van der Waals surface area contributed by atoms with Crippen LogP contribution in [0.3, 0.4) is 0 Å². The van der Waals surface area contributed by atoms with Crippen LogP contribution in [-0.4, -0.2) is 12.6 Å². The van der Waals surface area contributed by atoms with Gasteiger partial charge in [-0.3, -0.25) is 0 Å². The zero-order valence-electron chi connectivity index (χ0n) is 10.8. The van der Waals surface area contributed by atoms with Crippen molar-refractivity contribution in [3.8, 4) is 0 Å². The molecule has 0 saturated heterocycles. The molecule has 17 heavy (non-hydrogen) atoms. The van der Waals surface area contributed by atoms with Gasteiger partial charge in [-0.2, -0.15) is 0 Å². The van der Waals surface area contributed by atoms with Crippen LogP contribution in [0.2, 0.25) is 0 Å². The Morgan fingerprint density at radius 1 is 1.29 bits per heavy atom. The molecule has 1 aromatic carbocycles. The van der Waals surface area contributed by atoms with E-state index in [-0.39, 0.29) is 0 Å². The van der Waals surface area contributed by atoms with E-state index < -0.39 is 0 Å². The molecule has 2 nitrogen and oxygen atoms in total. The topological polar surface area (TPSA) is 38.0 Å². The zero-order valence-corrected chi connectivity index (χ0v) is 10.8. The summed E-state index contributed by atoms with van der Waals surface area (Å²) < 4.78 is 0. The minimum atomic E-state index is 0.821. The highest BCUT2D eigenvalue weighted by atomic mass is 15.0. The smallest absolute Gasteiger partial charge is 0.0314 e. The Hall–Kier alpha value is -1.02. The maximum atomic E-state index is 5.66. The van der Waals surface area contributed by atoms with E-state index in [1.54, 1.807) is 0 Å². The Balaban J connectivity index is 1.56. The third-order valence-electron chi connectivity index (χ3n) is 3.61. The standard InChI is InChI=1S/C15H24N2/c1-2-4-13-11-15(13)17-10-3-5-12-6-8-14(16)9-7-12/h6-9,13,15,17H,2-5,10-11,16H2,1H3. The number of hydrogen-bond acceptors (Lipinski definition) is 2. The Morgan fingerprint density at radius 2 is 2.06 bits per heavy atom. The van der Waals surface area contributed by atoms with Gasteiger partial charge in [-0.05, 0) is 55.8 Å². The van der Waals surface area contributed by atoms with Gasteiger partial charge in [0.25, 0.3) is 0 Å². The van der Waals surface area contributed by atoms with E-state index in [0.717, 1.165) is 30.6 Å². The number of anilines is 1. The fraction of sp³-hybridized carbons (Fsp3) is 0.600. The number of rotatable bonds is 7. The van der Waals surface area contributed by atoms with Gasteiger partial charge in [-0.15, -0.1) is 0 Å². The van der Waals surface area contributed by atoms with Gasteiger partial charge in [0.15, 0.2) is 0 Å². The molecule has 0 radical (unpaired) electrons. The molecule has 1 fully saturated rings. The van der Waals surface area contributed by atoms with Crippen LogP contribution < -0.4 is 11.1 Å². The molecule has 0 bridgehead atoms. The van der Waals surface area contributed by atoms with E-state index in [1.165, 1.54) is 31.2 Å². The maximum Gasteiger partial charge on any atom is 0.0314 e. The van der Waals surface area contributed by atoms with E-state index in [0.29, 0.717) is 0 Å². The lowest BCUT2D eigenvalue weighted by molar-refractivity contribution is 0.585. The fourth-order valence-corrected chi connectivity index (χ4v) is 2.45. The zero-order chi connectivity index (χ0) is 12.1. The Labute approximate surface area is 105 Å². The summed E-state index contributed by atoms with van der Waals surface area (Å²) >= 11 is 0. The number of nitrogen functional groups attached to an aromatic ring is 1. The quantitative estimate of drug-likeness (QED) is 0.560. The molecule has 2 rings (SSSR count). The molecule has 0 heterocycles. The van der Waals surface area contributed by atoms with Gasteiger partial charge in [0.2, 0.25) is 0 Å². The van der Waals surface area contributed by atoms with Gasteiger partial charge in [0, 0.05) is 11.7 Å². The molecule has 2 heteroatoms. The van der Waals surface area contributed by atoms with Crippen molar-refractivity contribution in [1.29, 1.82) is 0 Å². The Morgan fingerprint density at radius 3 is 2.76 bits per heavy atom. The summed E-state index contributed by atoms with van der Waals surface area (Å²) in [5, 5.41) is 3.65. The predicted octanol–water partition coefficient (Wildman–Crippen LogP) is 2.98. The van der Waals surface area contributed by atoms with Gasteiger partial charge in [-0.1, -0.05) is 25.5 Å². The fourth-order valence-electron chi connectivity index (χ4n) is 2.45. The molecule has 0 amide bonds. The molecule has 0 aliphatic heterocycles. The molecule has 3 N–H and O–H groups in total. The van der Waals surface area contributed by atoms with Gasteiger partial charge >= 0.3 is 0 Å². The van der Waals surface area contributed by atoms with Crippen LogP contribution in [0.5, 0.6) is 0 Å². The van der Waals surface area contributed by atoms with Crippen LogP contribution in [0.15, 0.2) is 24.3 Å². The van der Waals surface area contributed by atoms with Crippen molar-refractivity contribution in [3.05, 3.63) is 29.8 Å². The first-order chi connectivity index (χ1) is 8.29. The number of hydrogen-bond donors (Lipinski definition) is 2. The average Bonchev–Trinajstić information content (AvgIpc) is 3.06. The molecule has 1 aliphatic rings. The number of nitrogens with two attached hydrogens (primary N) is 1. The van der Waals surface area contributed by atoms with Crippen LogP contribution in [0.4, 0.5) is 5.69 Å². The first-order valence-electron chi connectivity index (χ1n) is 6.87. The highest BCUT2D eigenvalue weighted by Gasteiger charge is 2.34. The van der Waals surface area contributed by atoms with E-state index in [4.69, 9.17) is 5.73 Å². The molecule has 2 unspecified atom stereocenters. The van der Waals surface area contributed by atoms with Crippen molar-refractivity contribution < 1.29 is 0 Å². The summed E-state index contributed by atoms with van der Waals surface area (Å²) in [6.07, 6.45) is 6.50. The summed E-state index contributed by atoms with van der Waals surface area (Å²) in [5.41, 5.74) is 7.91. The minimum absolute atomic E-state index is 0.821. The normalized spacial score (nSPS) is 22.6. The van der Waals surface area contributed by atoms with E-state index in [9.17, 15) is 0 Å². The number of nitrogens with one attached hydrogen (secondary N) is 1. The number of benzene rings is 1. The van der Waals surface area contributed by atoms with Crippen molar-refractivity contribution in [2.75, 3.05) is 12.3 Å². The van der Waals surface area contributed by atoms with E-state index in [1.807, 2.05) is 12.1 Å². The molecule has 2 atom stereocenters. The lowest BCUT2D eigenvalue weighted by Crippen LogP contribution is -2.20. The predicted molar refractivity (Wildman–Crippen MR) is 74.0 cm³/mol. The summed E-state index contributed by atoms with van der Waals surface area (Å²) in [5.74, 6) is 0.969. The SMILES string of the molecule is CCCC1CC1NCCCc1ccc(N)cc1. The molecule has 94 valence electrons. The Kier molecular flexibility index (Phi) is 4.43. The second-order valence-electron chi connectivity index (χ2n) is 5.19. The highest BCUT2D eigenvalue weighted by molar-refractivity contribution is 5.39. The second-order valence-corrected chi connectivity index (χ2v) is 5.19. The lowest BCUT2D eigenvalue weighted by Gasteiger charge is -2.04. The van der Waals surface area contributed by atoms with Gasteiger partial charge < -0.3 is 11.1 Å². The first kappa shape index (κ1) is 12.4. The molecule has 1 aliphatic carbocycles. The molecule has 0 spiro atoms.